The van der Waals surface area contributed by atoms with Gasteiger partial charge in [-0.05, 0) is 61.1 Å². The minimum Gasteiger partial charge on any atom is -0.480 e. The monoisotopic (exact) mass is 528 g/mol. The molecule has 8 nitrogen and oxygen atoms in total. The summed E-state index contributed by atoms with van der Waals surface area (Å²) in [4.78, 5) is 39.3. The normalized spacial score (nSPS) is 16.6. The Hall–Kier alpha value is -4.33. The molecule has 0 bridgehead atoms. The number of ether oxygens (including phenoxy) is 2. The predicted molar refractivity (Wildman–Crippen MR) is 147 cm³/mol. The number of hydrogen-bond donors (Lipinski definition) is 2. The van der Waals surface area contributed by atoms with Gasteiger partial charge in [-0.25, -0.2) is 14.4 Å². The van der Waals surface area contributed by atoms with Crippen molar-refractivity contribution in [2.75, 3.05) is 18.1 Å². The van der Waals surface area contributed by atoms with Crippen LogP contribution in [0.1, 0.15) is 55.7 Å². The van der Waals surface area contributed by atoms with E-state index < -0.39 is 29.8 Å². The summed E-state index contributed by atoms with van der Waals surface area (Å²) < 4.78 is 11.1. The summed E-state index contributed by atoms with van der Waals surface area (Å²) in [5.74, 6) is -1.60. The molecule has 2 amide bonds. The number of alkyl carbamates (subject to hydrolysis) is 1. The van der Waals surface area contributed by atoms with Crippen molar-refractivity contribution in [2.24, 2.45) is 0 Å². The lowest BCUT2D eigenvalue weighted by Gasteiger charge is -2.25. The zero-order chi connectivity index (χ0) is 27.7. The van der Waals surface area contributed by atoms with E-state index in [0.717, 1.165) is 27.8 Å². The number of rotatable bonds is 6. The minimum absolute atomic E-state index is 0.0882. The Labute approximate surface area is 227 Å². The van der Waals surface area contributed by atoms with Crippen LogP contribution in [-0.4, -0.2) is 48.1 Å². The highest BCUT2D eigenvalue weighted by molar-refractivity contribution is 5.91. The second-order valence-electron chi connectivity index (χ2n) is 10.9. The van der Waals surface area contributed by atoms with Gasteiger partial charge in [0.25, 0.3) is 0 Å². The average Bonchev–Trinajstić information content (AvgIpc) is 3.42. The van der Waals surface area contributed by atoms with Crippen LogP contribution < -0.4 is 10.2 Å². The summed E-state index contributed by atoms with van der Waals surface area (Å²) in [6.07, 6.45) is -1.19. The van der Waals surface area contributed by atoms with Crippen molar-refractivity contribution in [2.45, 2.75) is 50.7 Å². The fourth-order valence-corrected chi connectivity index (χ4v) is 5.48. The SMILES string of the molecule is CC(C)(C)OC(=O)N1CC(C[C@@H](NC(=O)OCC2c3ccccc3-c3ccccc32)C(=O)O)c2ccccc21. The van der Waals surface area contributed by atoms with Crippen molar-refractivity contribution in [3.63, 3.8) is 0 Å². The number of anilines is 1. The van der Waals surface area contributed by atoms with Crippen LogP contribution in [0.5, 0.6) is 0 Å². The van der Waals surface area contributed by atoms with Gasteiger partial charge in [0.1, 0.15) is 18.2 Å². The summed E-state index contributed by atoms with van der Waals surface area (Å²) >= 11 is 0. The van der Waals surface area contributed by atoms with Gasteiger partial charge in [0.2, 0.25) is 0 Å². The number of fused-ring (bicyclic) bond motifs is 4. The molecule has 0 fully saturated rings. The highest BCUT2D eigenvalue weighted by Crippen LogP contribution is 2.44. The molecule has 1 aliphatic heterocycles. The zero-order valence-electron chi connectivity index (χ0n) is 22.2. The van der Waals surface area contributed by atoms with Gasteiger partial charge in [-0.3, -0.25) is 4.90 Å². The molecule has 1 unspecified atom stereocenters. The number of carbonyl (C=O) groups excluding carboxylic acids is 2. The summed E-state index contributed by atoms with van der Waals surface area (Å²) in [5, 5.41) is 12.5. The lowest BCUT2D eigenvalue weighted by atomic mass is 9.94. The maximum absolute atomic E-state index is 12.9. The third-order valence-electron chi connectivity index (χ3n) is 7.14. The summed E-state index contributed by atoms with van der Waals surface area (Å²) in [6.45, 7) is 5.73. The highest BCUT2D eigenvalue weighted by Gasteiger charge is 2.37. The minimum atomic E-state index is -1.20. The van der Waals surface area contributed by atoms with Gasteiger partial charge in [-0.2, -0.15) is 0 Å². The molecule has 202 valence electrons. The number of carboxylic acids is 1. The van der Waals surface area contributed by atoms with Crippen molar-refractivity contribution in [1.82, 2.24) is 5.32 Å². The Morgan fingerprint density at radius 2 is 1.49 bits per heavy atom. The molecule has 2 N–H and O–H groups in total. The number of carbonyl (C=O) groups is 3. The van der Waals surface area contributed by atoms with Gasteiger partial charge in [0, 0.05) is 18.4 Å². The lowest BCUT2D eigenvalue weighted by molar-refractivity contribution is -0.139. The van der Waals surface area contributed by atoms with E-state index in [1.54, 1.807) is 20.8 Å². The molecule has 5 rings (SSSR count). The van der Waals surface area contributed by atoms with Crippen LogP contribution in [0.25, 0.3) is 11.1 Å². The fraction of sp³-hybridized carbons (Fsp3) is 0.323. The third kappa shape index (κ3) is 5.46. The van der Waals surface area contributed by atoms with Crippen LogP contribution in [0.4, 0.5) is 15.3 Å². The Kier molecular flexibility index (Phi) is 7.04. The topological polar surface area (TPSA) is 105 Å². The average molecular weight is 529 g/mol. The van der Waals surface area contributed by atoms with Crippen LogP contribution in [-0.2, 0) is 14.3 Å². The first-order valence-corrected chi connectivity index (χ1v) is 13.1. The van der Waals surface area contributed by atoms with Gasteiger partial charge in [0.05, 0.1) is 5.69 Å². The van der Waals surface area contributed by atoms with E-state index in [1.807, 2.05) is 60.7 Å². The number of amides is 2. The van der Waals surface area contributed by atoms with Crippen LogP contribution >= 0.6 is 0 Å². The molecule has 2 aliphatic rings. The van der Waals surface area contributed by atoms with Crippen LogP contribution in [0.3, 0.4) is 0 Å². The summed E-state index contributed by atoms with van der Waals surface area (Å²) in [5.41, 5.74) is 5.22. The molecular formula is C31H32N2O6. The number of nitrogens with zero attached hydrogens (tertiary/aromatic N) is 1. The largest absolute Gasteiger partial charge is 0.480 e. The first-order valence-electron chi connectivity index (χ1n) is 13.1. The molecule has 0 aromatic heterocycles. The Morgan fingerprint density at radius 1 is 0.923 bits per heavy atom. The predicted octanol–water partition coefficient (Wildman–Crippen LogP) is 5.91. The molecule has 0 radical (unpaired) electrons. The van der Waals surface area contributed by atoms with Gasteiger partial charge in [-0.15, -0.1) is 0 Å². The number of para-hydroxylation sites is 1. The molecule has 0 spiro atoms. The van der Waals surface area contributed by atoms with Gasteiger partial charge in [-0.1, -0.05) is 66.7 Å². The second-order valence-corrected chi connectivity index (χ2v) is 10.9. The standard InChI is InChI=1S/C31H32N2O6/c1-31(2,3)39-30(37)33-17-19(20-10-8-9-15-27(20)33)16-26(28(34)35)32-29(36)38-18-25-23-13-6-4-11-21(23)22-12-5-7-14-24(22)25/h4-15,19,25-26H,16-18H2,1-3H3,(H,32,36)(H,34,35)/t19?,26-/m1/s1. The van der Waals surface area contributed by atoms with E-state index in [-0.39, 0.29) is 31.4 Å². The maximum atomic E-state index is 12.9. The first-order chi connectivity index (χ1) is 18.6. The van der Waals surface area contributed by atoms with E-state index in [1.165, 1.54) is 4.90 Å². The van der Waals surface area contributed by atoms with E-state index >= 15 is 0 Å². The molecule has 0 saturated carbocycles. The Bertz CT molecular complexity index is 1370. The molecule has 8 heteroatoms. The van der Waals surface area contributed by atoms with E-state index in [0.29, 0.717) is 5.69 Å². The van der Waals surface area contributed by atoms with Crippen molar-refractivity contribution in [3.05, 3.63) is 89.5 Å². The highest BCUT2D eigenvalue weighted by atomic mass is 16.6. The van der Waals surface area contributed by atoms with Gasteiger partial charge >= 0.3 is 18.2 Å². The van der Waals surface area contributed by atoms with E-state index in [9.17, 15) is 19.5 Å². The summed E-state index contributed by atoms with van der Waals surface area (Å²) in [7, 11) is 0. The molecule has 39 heavy (non-hydrogen) atoms. The van der Waals surface area contributed by atoms with Crippen molar-refractivity contribution in [3.8, 4) is 11.1 Å². The smallest absolute Gasteiger partial charge is 0.414 e. The number of hydrogen-bond acceptors (Lipinski definition) is 5. The molecular weight excluding hydrogens is 496 g/mol. The second kappa shape index (κ2) is 10.4. The Morgan fingerprint density at radius 3 is 2.08 bits per heavy atom. The molecule has 0 saturated heterocycles. The molecule has 3 aromatic rings. The number of benzene rings is 3. The van der Waals surface area contributed by atoms with Crippen LogP contribution in [0.15, 0.2) is 72.8 Å². The first kappa shape index (κ1) is 26.3. The summed E-state index contributed by atoms with van der Waals surface area (Å²) in [6, 6.07) is 22.2. The quantitative estimate of drug-likeness (QED) is 0.412. The fourth-order valence-electron chi connectivity index (χ4n) is 5.48. The van der Waals surface area contributed by atoms with Gasteiger partial charge < -0.3 is 19.9 Å². The lowest BCUT2D eigenvalue weighted by Crippen LogP contribution is -2.43. The number of nitrogens with one attached hydrogen (secondary N) is 1. The van der Waals surface area contributed by atoms with Crippen LogP contribution in [0, 0.1) is 0 Å². The van der Waals surface area contributed by atoms with E-state index in [2.05, 4.69) is 17.4 Å². The zero-order valence-corrected chi connectivity index (χ0v) is 22.2. The number of aliphatic carboxylic acids is 1. The maximum Gasteiger partial charge on any atom is 0.414 e. The van der Waals surface area contributed by atoms with Gasteiger partial charge in [0.15, 0.2) is 0 Å². The Balaban J connectivity index is 1.26. The van der Waals surface area contributed by atoms with E-state index in [4.69, 9.17) is 9.47 Å². The van der Waals surface area contributed by atoms with Crippen molar-refractivity contribution >= 4 is 23.8 Å². The molecule has 1 heterocycles. The third-order valence-corrected chi connectivity index (χ3v) is 7.14. The van der Waals surface area contributed by atoms with Crippen LogP contribution in [0.2, 0.25) is 0 Å². The van der Waals surface area contributed by atoms with Crippen molar-refractivity contribution < 1.29 is 29.0 Å². The molecule has 2 atom stereocenters. The molecule has 1 aliphatic carbocycles. The number of carboxylic acid groups (broad SMARTS) is 1. The molecule has 3 aromatic carbocycles. The van der Waals surface area contributed by atoms with Crippen molar-refractivity contribution in [1.29, 1.82) is 0 Å².